The fourth-order valence-electron chi connectivity index (χ4n) is 2.37. The van der Waals surface area contributed by atoms with Crippen LogP contribution in [-0.4, -0.2) is 59.3 Å². The SMILES string of the molecule is C#C[C@]1(O)C(n2cnc3nc(N)ncc32)O[C@H](CO)[C@H]1O. The molecule has 0 aromatic carbocycles. The molecule has 1 unspecified atom stereocenters. The van der Waals surface area contributed by atoms with Crippen LogP contribution in [-0.2, 0) is 4.74 Å². The van der Waals surface area contributed by atoms with Gasteiger partial charge in [-0.1, -0.05) is 5.92 Å². The zero-order valence-corrected chi connectivity index (χ0v) is 10.8. The molecule has 0 amide bonds. The topological polar surface area (TPSA) is 140 Å². The first-order valence-electron chi connectivity index (χ1n) is 6.11. The van der Waals surface area contributed by atoms with E-state index in [1.807, 2.05) is 0 Å². The largest absolute Gasteiger partial charge is 0.394 e. The molecular formula is C12H13N5O4. The fourth-order valence-corrected chi connectivity index (χ4v) is 2.37. The van der Waals surface area contributed by atoms with Crippen molar-refractivity contribution >= 4 is 17.1 Å². The van der Waals surface area contributed by atoms with E-state index >= 15 is 0 Å². The number of rotatable bonds is 2. The number of terminal acetylenes is 1. The Labute approximate surface area is 119 Å². The number of aromatic nitrogens is 4. The predicted molar refractivity (Wildman–Crippen MR) is 70.5 cm³/mol. The molecule has 1 saturated heterocycles. The number of anilines is 1. The first-order chi connectivity index (χ1) is 10.0. The third-order valence-corrected chi connectivity index (χ3v) is 3.50. The van der Waals surface area contributed by atoms with Gasteiger partial charge < -0.3 is 25.8 Å². The van der Waals surface area contributed by atoms with Crippen LogP contribution < -0.4 is 5.73 Å². The van der Waals surface area contributed by atoms with Crippen LogP contribution in [0.1, 0.15) is 6.23 Å². The molecule has 4 atom stereocenters. The zero-order valence-electron chi connectivity index (χ0n) is 10.8. The summed E-state index contributed by atoms with van der Waals surface area (Å²) in [5.41, 5.74) is 4.19. The molecule has 2 aromatic heterocycles. The Kier molecular flexibility index (Phi) is 3.03. The molecule has 1 aliphatic rings. The van der Waals surface area contributed by atoms with Crippen LogP contribution in [0.4, 0.5) is 5.95 Å². The van der Waals surface area contributed by atoms with Gasteiger partial charge in [-0.05, 0) is 0 Å². The van der Waals surface area contributed by atoms with Gasteiger partial charge in [0.05, 0.1) is 19.1 Å². The van der Waals surface area contributed by atoms with E-state index in [2.05, 4.69) is 20.9 Å². The minimum Gasteiger partial charge on any atom is -0.394 e. The summed E-state index contributed by atoms with van der Waals surface area (Å²) in [6.07, 6.45) is 4.50. The van der Waals surface area contributed by atoms with Crippen molar-refractivity contribution in [3.05, 3.63) is 12.5 Å². The minimum absolute atomic E-state index is 0.0561. The molecule has 0 bridgehead atoms. The Morgan fingerprint density at radius 2 is 2.29 bits per heavy atom. The molecule has 2 aromatic rings. The zero-order chi connectivity index (χ0) is 15.2. The van der Waals surface area contributed by atoms with E-state index in [9.17, 15) is 15.3 Å². The number of aliphatic hydroxyl groups is 3. The summed E-state index contributed by atoms with van der Waals surface area (Å²) < 4.78 is 6.85. The van der Waals surface area contributed by atoms with E-state index in [-0.39, 0.29) is 5.95 Å². The summed E-state index contributed by atoms with van der Waals surface area (Å²) >= 11 is 0. The number of nitrogen functional groups attached to an aromatic ring is 1. The highest BCUT2D eigenvalue weighted by Gasteiger charge is 2.55. The van der Waals surface area contributed by atoms with Gasteiger partial charge in [-0.2, -0.15) is 4.98 Å². The first-order valence-corrected chi connectivity index (χ1v) is 6.11. The number of nitrogens with zero attached hydrogens (tertiary/aromatic N) is 4. The maximum atomic E-state index is 10.5. The van der Waals surface area contributed by atoms with Gasteiger partial charge in [0.25, 0.3) is 0 Å². The van der Waals surface area contributed by atoms with Crippen LogP contribution >= 0.6 is 0 Å². The fraction of sp³-hybridized carbons (Fsp3) is 0.417. The lowest BCUT2D eigenvalue weighted by Gasteiger charge is -2.26. The molecule has 9 nitrogen and oxygen atoms in total. The van der Waals surface area contributed by atoms with Crippen molar-refractivity contribution in [1.82, 2.24) is 19.5 Å². The summed E-state index contributed by atoms with van der Waals surface area (Å²) in [5, 5.41) is 29.7. The first kappa shape index (κ1) is 13.7. The van der Waals surface area contributed by atoms with Crippen molar-refractivity contribution in [2.75, 3.05) is 12.3 Å². The lowest BCUT2D eigenvalue weighted by molar-refractivity contribution is -0.0718. The molecule has 0 spiro atoms. The maximum absolute atomic E-state index is 10.5. The van der Waals surface area contributed by atoms with Gasteiger partial charge in [0, 0.05) is 0 Å². The van der Waals surface area contributed by atoms with Crippen LogP contribution in [0.15, 0.2) is 12.5 Å². The Morgan fingerprint density at radius 1 is 1.52 bits per heavy atom. The van der Waals surface area contributed by atoms with Crippen LogP contribution in [0.5, 0.6) is 0 Å². The Hall–Kier alpha value is -2.25. The smallest absolute Gasteiger partial charge is 0.222 e. The summed E-state index contributed by atoms with van der Waals surface area (Å²) in [7, 11) is 0. The number of aliphatic hydroxyl groups excluding tert-OH is 2. The highest BCUT2D eigenvalue weighted by molar-refractivity contribution is 5.71. The molecule has 0 saturated carbocycles. The molecule has 9 heteroatoms. The molecule has 110 valence electrons. The van der Waals surface area contributed by atoms with Gasteiger partial charge in [-0.15, -0.1) is 6.42 Å². The predicted octanol–water partition coefficient (Wildman–Crippen LogP) is -1.98. The second kappa shape index (κ2) is 4.64. The minimum atomic E-state index is -2.01. The van der Waals surface area contributed by atoms with E-state index < -0.39 is 30.6 Å². The van der Waals surface area contributed by atoms with Gasteiger partial charge in [0.1, 0.15) is 17.7 Å². The Bertz CT molecular complexity index is 726. The molecule has 1 fully saturated rings. The van der Waals surface area contributed by atoms with Crippen LogP contribution in [0.25, 0.3) is 11.2 Å². The van der Waals surface area contributed by atoms with Gasteiger partial charge in [0.15, 0.2) is 17.5 Å². The summed E-state index contributed by atoms with van der Waals surface area (Å²) in [6, 6.07) is 0. The lowest BCUT2D eigenvalue weighted by atomic mass is 9.95. The van der Waals surface area contributed by atoms with Crippen molar-refractivity contribution in [3.8, 4) is 12.3 Å². The summed E-state index contributed by atoms with van der Waals surface area (Å²) in [5.74, 6) is 2.18. The molecule has 21 heavy (non-hydrogen) atoms. The third-order valence-electron chi connectivity index (χ3n) is 3.50. The molecular weight excluding hydrogens is 278 g/mol. The van der Waals surface area contributed by atoms with Crippen LogP contribution in [0.2, 0.25) is 0 Å². The summed E-state index contributed by atoms with van der Waals surface area (Å²) in [4.78, 5) is 11.8. The molecule has 0 aliphatic carbocycles. The highest BCUT2D eigenvalue weighted by Crippen LogP contribution is 2.39. The number of imidazole rings is 1. The molecule has 0 radical (unpaired) electrons. The maximum Gasteiger partial charge on any atom is 0.222 e. The van der Waals surface area contributed by atoms with Gasteiger partial charge in [-0.3, -0.25) is 4.57 Å². The van der Waals surface area contributed by atoms with E-state index in [1.54, 1.807) is 0 Å². The van der Waals surface area contributed by atoms with Crippen molar-refractivity contribution in [2.24, 2.45) is 0 Å². The molecule has 3 heterocycles. The van der Waals surface area contributed by atoms with Gasteiger partial charge >= 0.3 is 0 Å². The van der Waals surface area contributed by atoms with E-state index in [0.717, 1.165) is 0 Å². The number of nitrogens with two attached hydrogens (primary N) is 1. The van der Waals surface area contributed by atoms with Crippen molar-refractivity contribution < 1.29 is 20.1 Å². The second-order valence-corrected chi connectivity index (χ2v) is 4.71. The lowest BCUT2D eigenvalue weighted by Crippen LogP contribution is -2.45. The van der Waals surface area contributed by atoms with E-state index in [1.165, 1.54) is 17.1 Å². The third kappa shape index (κ3) is 1.85. The Morgan fingerprint density at radius 3 is 2.95 bits per heavy atom. The normalized spacial score (nSPS) is 32.4. The van der Waals surface area contributed by atoms with E-state index in [4.69, 9.17) is 16.9 Å². The Balaban J connectivity index is 2.11. The number of hydrogen-bond acceptors (Lipinski definition) is 8. The van der Waals surface area contributed by atoms with Crippen molar-refractivity contribution in [1.29, 1.82) is 0 Å². The number of fused-ring (bicyclic) bond motifs is 1. The van der Waals surface area contributed by atoms with Gasteiger partial charge in [-0.25, -0.2) is 9.97 Å². The second-order valence-electron chi connectivity index (χ2n) is 4.71. The molecule has 5 N–H and O–H groups in total. The molecule has 3 rings (SSSR count). The standard InChI is InChI=1S/C12H13N5O4/c1-2-12(20)8(19)7(4-18)21-10(12)17-5-15-9-6(17)3-14-11(13)16-9/h1,3,5,7-8,10,18-20H,4H2,(H2,13,14,16)/t7-,8-,10?,12-/m1/s1. The number of ether oxygens (including phenoxy) is 1. The van der Waals surface area contributed by atoms with Gasteiger partial charge in [0.2, 0.25) is 5.95 Å². The van der Waals surface area contributed by atoms with E-state index in [0.29, 0.717) is 11.2 Å². The quantitative estimate of drug-likeness (QED) is 0.467. The van der Waals surface area contributed by atoms with Crippen molar-refractivity contribution in [2.45, 2.75) is 24.0 Å². The average molecular weight is 291 g/mol. The van der Waals surface area contributed by atoms with Crippen LogP contribution in [0, 0.1) is 12.3 Å². The van der Waals surface area contributed by atoms with Crippen molar-refractivity contribution in [3.63, 3.8) is 0 Å². The average Bonchev–Trinajstić information content (AvgIpc) is 2.99. The molecule has 1 aliphatic heterocycles. The monoisotopic (exact) mass is 291 g/mol. The summed E-state index contributed by atoms with van der Waals surface area (Å²) in [6.45, 7) is -0.488. The number of hydrogen-bond donors (Lipinski definition) is 4. The van der Waals surface area contributed by atoms with Crippen LogP contribution in [0.3, 0.4) is 0 Å². The highest BCUT2D eigenvalue weighted by atomic mass is 16.6.